The molecule has 1 saturated heterocycles. The monoisotopic (exact) mass is 248 g/mol. The van der Waals surface area contributed by atoms with E-state index < -0.39 is 5.41 Å². The summed E-state index contributed by atoms with van der Waals surface area (Å²) in [6, 6.07) is 6.07. The van der Waals surface area contributed by atoms with Crippen LogP contribution in [-0.4, -0.2) is 34.9 Å². The highest BCUT2D eigenvalue weighted by molar-refractivity contribution is 5.95. The van der Waals surface area contributed by atoms with Crippen LogP contribution in [0.3, 0.4) is 0 Å². The number of carbonyl (C=O) groups excluding carboxylic acids is 2. The predicted molar refractivity (Wildman–Crippen MR) is 65.9 cm³/mol. The molecule has 1 aliphatic heterocycles. The summed E-state index contributed by atoms with van der Waals surface area (Å²) in [5.41, 5.74) is 5.21. The molecule has 5 heteroatoms. The van der Waals surface area contributed by atoms with Crippen LogP contribution in [0.2, 0.25) is 0 Å². The predicted octanol–water partition coefficient (Wildman–Crippen LogP) is 0.730. The molecule has 1 aromatic carbocycles. The molecule has 0 aliphatic carbocycles. The van der Waals surface area contributed by atoms with Crippen LogP contribution in [0.4, 0.5) is 0 Å². The van der Waals surface area contributed by atoms with Crippen LogP contribution in [-0.2, 0) is 4.79 Å². The largest absolute Gasteiger partial charge is 0.508 e. The lowest BCUT2D eigenvalue weighted by molar-refractivity contribution is -0.126. The number of likely N-dealkylation sites (tertiary alicyclic amines) is 1. The molecule has 2 rings (SSSR count). The molecule has 96 valence electrons. The van der Waals surface area contributed by atoms with Crippen LogP contribution in [0, 0.1) is 5.41 Å². The van der Waals surface area contributed by atoms with E-state index in [9.17, 15) is 14.7 Å². The Bertz CT molecular complexity index is 484. The second-order valence-electron chi connectivity index (χ2n) is 4.95. The summed E-state index contributed by atoms with van der Waals surface area (Å²) < 4.78 is 0. The molecule has 1 aromatic rings. The SMILES string of the molecule is CC1(C(N)=O)CCN(C(=O)c2ccc(O)cc2)C1. The van der Waals surface area contributed by atoms with Gasteiger partial charge in [-0.3, -0.25) is 9.59 Å². The van der Waals surface area contributed by atoms with Crippen molar-refractivity contribution in [3.8, 4) is 5.75 Å². The standard InChI is InChI=1S/C13H16N2O3/c1-13(12(14)18)6-7-15(8-13)11(17)9-2-4-10(16)5-3-9/h2-5,16H,6-8H2,1H3,(H2,14,18). The molecule has 1 unspecified atom stereocenters. The number of hydrogen-bond donors (Lipinski definition) is 2. The maximum atomic E-state index is 12.2. The third kappa shape index (κ3) is 2.16. The Morgan fingerprint density at radius 3 is 2.44 bits per heavy atom. The number of nitrogens with two attached hydrogens (primary N) is 1. The fourth-order valence-electron chi connectivity index (χ4n) is 2.12. The van der Waals surface area contributed by atoms with Crippen molar-refractivity contribution < 1.29 is 14.7 Å². The number of primary amides is 1. The van der Waals surface area contributed by atoms with E-state index in [0.29, 0.717) is 25.1 Å². The van der Waals surface area contributed by atoms with Gasteiger partial charge in [-0.25, -0.2) is 0 Å². The summed E-state index contributed by atoms with van der Waals surface area (Å²) in [4.78, 5) is 25.1. The van der Waals surface area contributed by atoms with Gasteiger partial charge < -0.3 is 15.7 Å². The molecule has 3 N–H and O–H groups in total. The first-order valence-corrected chi connectivity index (χ1v) is 5.81. The Balaban J connectivity index is 2.12. The van der Waals surface area contributed by atoms with Gasteiger partial charge in [-0.15, -0.1) is 0 Å². The quantitative estimate of drug-likeness (QED) is 0.809. The number of phenols is 1. The van der Waals surface area contributed by atoms with Crippen LogP contribution in [0.5, 0.6) is 5.75 Å². The van der Waals surface area contributed by atoms with Crippen molar-refractivity contribution in [1.82, 2.24) is 4.90 Å². The van der Waals surface area contributed by atoms with E-state index in [1.54, 1.807) is 24.0 Å². The average molecular weight is 248 g/mol. The van der Waals surface area contributed by atoms with Gasteiger partial charge in [-0.2, -0.15) is 0 Å². The molecule has 1 heterocycles. The Morgan fingerprint density at radius 2 is 1.94 bits per heavy atom. The van der Waals surface area contributed by atoms with Crippen molar-refractivity contribution in [2.45, 2.75) is 13.3 Å². The highest BCUT2D eigenvalue weighted by Crippen LogP contribution is 2.30. The molecule has 1 atom stereocenters. The lowest BCUT2D eigenvalue weighted by atomic mass is 9.89. The van der Waals surface area contributed by atoms with E-state index in [1.807, 2.05) is 0 Å². The second kappa shape index (κ2) is 4.33. The zero-order valence-corrected chi connectivity index (χ0v) is 10.2. The lowest BCUT2D eigenvalue weighted by Gasteiger charge is -2.21. The minimum absolute atomic E-state index is 0.120. The molecule has 1 aliphatic rings. The fourth-order valence-corrected chi connectivity index (χ4v) is 2.12. The van der Waals surface area contributed by atoms with Crippen molar-refractivity contribution in [3.05, 3.63) is 29.8 Å². The third-order valence-corrected chi connectivity index (χ3v) is 3.47. The number of nitrogens with zero attached hydrogens (tertiary/aromatic N) is 1. The Labute approximate surface area is 105 Å². The van der Waals surface area contributed by atoms with Crippen LogP contribution in [0.1, 0.15) is 23.7 Å². The number of aromatic hydroxyl groups is 1. The molecule has 0 saturated carbocycles. The second-order valence-corrected chi connectivity index (χ2v) is 4.95. The molecule has 5 nitrogen and oxygen atoms in total. The minimum Gasteiger partial charge on any atom is -0.508 e. The first-order valence-electron chi connectivity index (χ1n) is 5.81. The molecule has 0 bridgehead atoms. The zero-order chi connectivity index (χ0) is 13.3. The van der Waals surface area contributed by atoms with E-state index in [2.05, 4.69) is 0 Å². The van der Waals surface area contributed by atoms with Gasteiger partial charge in [0, 0.05) is 18.7 Å². The van der Waals surface area contributed by atoms with Crippen LogP contribution in [0.25, 0.3) is 0 Å². The van der Waals surface area contributed by atoms with E-state index in [1.165, 1.54) is 12.1 Å². The van der Waals surface area contributed by atoms with Gasteiger partial charge in [-0.05, 0) is 37.6 Å². The maximum absolute atomic E-state index is 12.2. The Kier molecular flexibility index (Phi) is 2.98. The third-order valence-electron chi connectivity index (χ3n) is 3.47. The number of rotatable bonds is 2. The normalized spacial score (nSPS) is 23.1. The highest BCUT2D eigenvalue weighted by atomic mass is 16.3. The molecule has 0 spiro atoms. The first-order chi connectivity index (χ1) is 8.42. The smallest absolute Gasteiger partial charge is 0.253 e. The number of benzene rings is 1. The Hall–Kier alpha value is -2.04. The molecular weight excluding hydrogens is 232 g/mol. The van der Waals surface area contributed by atoms with Crippen molar-refractivity contribution in [2.24, 2.45) is 11.1 Å². The molecule has 18 heavy (non-hydrogen) atoms. The fraction of sp³-hybridized carbons (Fsp3) is 0.385. The van der Waals surface area contributed by atoms with E-state index in [0.717, 1.165) is 0 Å². The van der Waals surface area contributed by atoms with Crippen LogP contribution < -0.4 is 5.73 Å². The lowest BCUT2D eigenvalue weighted by Crippen LogP contribution is -2.38. The van der Waals surface area contributed by atoms with Gasteiger partial charge in [0.15, 0.2) is 0 Å². The highest BCUT2D eigenvalue weighted by Gasteiger charge is 2.40. The van der Waals surface area contributed by atoms with Crippen molar-refractivity contribution in [1.29, 1.82) is 0 Å². The number of hydrogen-bond acceptors (Lipinski definition) is 3. The molecular formula is C13H16N2O3. The molecule has 0 aromatic heterocycles. The van der Waals surface area contributed by atoms with E-state index in [4.69, 9.17) is 5.73 Å². The summed E-state index contributed by atoms with van der Waals surface area (Å²) in [5.74, 6) is -0.390. The molecule has 2 amide bonds. The minimum atomic E-state index is -0.632. The van der Waals surface area contributed by atoms with Crippen molar-refractivity contribution >= 4 is 11.8 Å². The van der Waals surface area contributed by atoms with Crippen LogP contribution in [0.15, 0.2) is 24.3 Å². The zero-order valence-electron chi connectivity index (χ0n) is 10.2. The topological polar surface area (TPSA) is 83.6 Å². The first kappa shape index (κ1) is 12.4. The van der Waals surface area contributed by atoms with Crippen LogP contribution >= 0.6 is 0 Å². The van der Waals surface area contributed by atoms with Gasteiger partial charge >= 0.3 is 0 Å². The van der Waals surface area contributed by atoms with Gasteiger partial charge in [0.2, 0.25) is 5.91 Å². The number of amides is 2. The summed E-state index contributed by atoms with van der Waals surface area (Å²) in [7, 11) is 0. The van der Waals surface area contributed by atoms with Crippen molar-refractivity contribution in [2.75, 3.05) is 13.1 Å². The van der Waals surface area contributed by atoms with E-state index in [-0.39, 0.29) is 17.6 Å². The summed E-state index contributed by atoms with van der Waals surface area (Å²) in [6.07, 6.45) is 0.589. The van der Waals surface area contributed by atoms with Gasteiger partial charge in [0.1, 0.15) is 5.75 Å². The summed E-state index contributed by atoms with van der Waals surface area (Å²) in [5, 5.41) is 9.17. The summed E-state index contributed by atoms with van der Waals surface area (Å²) in [6.45, 7) is 2.65. The van der Waals surface area contributed by atoms with Gasteiger partial charge in [0.05, 0.1) is 5.41 Å². The van der Waals surface area contributed by atoms with Crippen molar-refractivity contribution in [3.63, 3.8) is 0 Å². The maximum Gasteiger partial charge on any atom is 0.253 e. The number of phenolic OH excluding ortho intramolecular Hbond substituents is 1. The number of carbonyl (C=O) groups is 2. The Morgan fingerprint density at radius 1 is 1.33 bits per heavy atom. The average Bonchev–Trinajstić information content (AvgIpc) is 2.73. The molecule has 0 radical (unpaired) electrons. The summed E-state index contributed by atoms with van der Waals surface area (Å²) >= 11 is 0. The van der Waals surface area contributed by atoms with Gasteiger partial charge in [-0.1, -0.05) is 0 Å². The molecule has 1 fully saturated rings. The van der Waals surface area contributed by atoms with E-state index >= 15 is 0 Å². The van der Waals surface area contributed by atoms with Gasteiger partial charge in [0.25, 0.3) is 5.91 Å².